The zero-order valence-electron chi connectivity index (χ0n) is 46.5. The van der Waals surface area contributed by atoms with Gasteiger partial charge in [-0.2, -0.15) is 0 Å². The Morgan fingerprint density at radius 3 is 0.857 bits per heavy atom. The van der Waals surface area contributed by atoms with Crippen molar-refractivity contribution in [3.05, 3.63) is 60.8 Å². The van der Waals surface area contributed by atoms with Gasteiger partial charge in [0.1, 0.15) is 13.2 Å². The van der Waals surface area contributed by atoms with Crippen molar-refractivity contribution in [3.8, 4) is 0 Å². The van der Waals surface area contributed by atoms with Crippen LogP contribution in [0.4, 0.5) is 0 Å². The maximum atomic E-state index is 12.9. The molecule has 0 saturated carbocycles. The molecule has 1 atom stereocenters. The van der Waals surface area contributed by atoms with Crippen molar-refractivity contribution in [1.29, 1.82) is 0 Å². The van der Waals surface area contributed by atoms with Gasteiger partial charge in [-0.05, 0) is 89.9 Å². The van der Waals surface area contributed by atoms with Crippen molar-refractivity contribution in [1.82, 2.24) is 0 Å². The number of unbranched alkanes of at least 4 members (excludes halogenated alkanes) is 34. The normalized spacial score (nSPS) is 12.4. The van der Waals surface area contributed by atoms with Crippen LogP contribution < -0.4 is 0 Å². The lowest BCUT2D eigenvalue weighted by atomic mass is 10.0. The van der Waals surface area contributed by atoms with Crippen molar-refractivity contribution in [2.24, 2.45) is 0 Å². The molecule has 0 aliphatic heterocycles. The van der Waals surface area contributed by atoms with Gasteiger partial charge < -0.3 is 14.2 Å². The Morgan fingerprint density at radius 1 is 0.286 bits per heavy atom. The van der Waals surface area contributed by atoms with Gasteiger partial charge >= 0.3 is 17.9 Å². The van der Waals surface area contributed by atoms with Gasteiger partial charge in [-0.15, -0.1) is 0 Å². The van der Waals surface area contributed by atoms with Crippen LogP contribution >= 0.6 is 0 Å². The fourth-order valence-electron chi connectivity index (χ4n) is 8.66. The van der Waals surface area contributed by atoms with E-state index in [-0.39, 0.29) is 31.1 Å². The van der Waals surface area contributed by atoms with E-state index in [1.54, 1.807) is 0 Å². The first kappa shape index (κ1) is 67.1. The molecule has 0 N–H and O–H groups in total. The zero-order chi connectivity index (χ0) is 50.7. The minimum absolute atomic E-state index is 0.0862. The summed E-state index contributed by atoms with van der Waals surface area (Å²) in [5.74, 6) is -0.910. The summed E-state index contributed by atoms with van der Waals surface area (Å²) in [6.07, 6.45) is 73.6. The molecule has 0 spiro atoms. The highest BCUT2D eigenvalue weighted by molar-refractivity contribution is 5.71. The van der Waals surface area contributed by atoms with Crippen LogP contribution in [-0.2, 0) is 28.6 Å². The second-order valence-electron chi connectivity index (χ2n) is 20.3. The third-order valence-corrected chi connectivity index (χ3v) is 13.2. The van der Waals surface area contributed by atoms with Crippen LogP contribution in [0.25, 0.3) is 0 Å². The Bertz CT molecular complexity index is 1260. The van der Waals surface area contributed by atoms with Crippen LogP contribution in [0, 0.1) is 0 Å². The predicted octanol–water partition coefficient (Wildman–Crippen LogP) is 20.4. The zero-order valence-corrected chi connectivity index (χ0v) is 46.5. The first-order chi connectivity index (χ1) is 34.5. The number of hydrogen-bond acceptors (Lipinski definition) is 6. The molecule has 0 aromatic heterocycles. The lowest BCUT2D eigenvalue weighted by Gasteiger charge is -2.18. The molecule has 0 saturated heterocycles. The highest BCUT2D eigenvalue weighted by atomic mass is 16.6. The molecule has 0 aromatic carbocycles. The van der Waals surface area contributed by atoms with Crippen molar-refractivity contribution in [2.45, 2.75) is 316 Å². The fourth-order valence-corrected chi connectivity index (χ4v) is 8.66. The third-order valence-electron chi connectivity index (χ3n) is 13.2. The average molecular weight is 980 g/mol. The number of ether oxygens (including phenoxy) is 3. The van der Waals surface area contributed by atoms with E-state index in [1.165, 1.54) is 180 Å². The molecule has 0 bridgehead atoms. The molecule has 0 amide bonds. The van der Waals surface area contributed by atoms with Gasteiger partial charge in [-0.1, -0.05) is 261 Å². The van der Waals surface area contributed by atoms with E-state index in [0.29, 0.717) is 19.3 Å². The molecule has 0 radical (unpaired) electrons. The SMILES string of the molecule is CCCCC/C=C\C/C=C\C/C=C\C/C=C\CCCCCC(=O)OC[C@@H](COC(=O)CCCCCCC/C=C\CCCCCCC)OC(=O)CCCCCCCCCCCCCCCCCCCCC. The molecule has 0 fully saturated rings. The van der Waals surface area contributed by atoms with E-state index in [9.17, 15) is 14.4 Å². The summed E-state index contributed by atoms with van der Waals surface area (Å²) in [6.45, 7) is 6.61. The Kier molecular flexibility index (Phi) is 56.3. The standard InChI is InChI=1S/C64H114O6/c1-4-7-10-13-16-19-22-25-28-30-32-34-36-39-42-45-48-51-54-57-63(66)69-60-61(59-68-62(65)56-53-50-47-44-41-38-27-24-21-18-15-12-9-6-3)70-64(67)58-55-52-49-46-43-40-37-35-33-31-29-26-23-20-17-14-11-8-5-2/h16,19,24-25,27-28,32,34,39,42,61H,4-15,17-18,20-23,26,29-31,33,35-38,40-41,43-60H2,1-3H3/b19-16-,27-24-,28-25-,34-32-,42-39-/t61-/m1/s1. The maximum Gasteiger partial charge on any atom is 0.306 e. The average Bonchev–Trinajstić information content (AvgIpc) is 3.36. The molecule has 0 rings (SSSR count). The summed E-state index contributed by atoms with van der Waals surface area (Å²) in [5.41, 5.74) is 0. The van der Waals surface area contributed by atoms with Crippen molar-refractivity contribution < 1.29 is 28.6 Å². The minimum Gasteiger partial charge on any atom is -0.462 e. The molecule has 0 aliphatic carbocycles. The van der Waals surface area contributed by atoms with Gasteiger partial charge in [0.25, 0.3) is 0 Å². The molecule has 0 aromatic rings. The largest absolute Gasteiger partial charge is 0.462 e. The van der Waals surface area contributed by atoms with Gasteiger partial charge in [0.15, 0.2) is 6.10 Å². The molecule has 406 valence electrons. The van der Waals surface area contributed by atoms with E-state index in [4.69, 9.17) is 14.2 Å². The smallest absolute Gasteiger partial charge is 0.306 e. The first-order valence-electron chi connectivity index (χ1n) is 30.3. The molecule has 6 nitrogen and oxygen atoms in total. The Balaban J connectivity index is 4.40. The summed E-state index contributed by atoms with van der Waals surface area (Å²) in [6, 6.07) is 0. The second-order valence-corrected chi connectivity index (χ2v) is 20.3. The van der Waals surface area contributed by atoms with E-state index in [1.807, 2.05) is 0 Å². The van der Waals surface area contributed by atoms with E-state index < -0.39 is 6.10 Å². The van der Waals surface area contributed by atoms with Gasteiger partial charge in [-0.25, -0.2) is 0 Å². The van der Waals surface area contributed by atoms with Crippen LogP contribution in [-0.4, -0.2) is 37.2 Å². The summed E-state index contributed by atoms with van der Waals surface area (Å²) in [7, 11) is 0. The number of carbonyl (C=O) groups is 3. The quantitative estimate of drug-likeness (QED) is 0.0261. The summed E-state index contributed by atoms with van der Waals surface area (Å²) in [4.78, 5) is 38.2. The lowest BCUT2D eigenvalue weighted by molar-refractivity contribution is -0.167. The van der Waals surface area contributed by atoms with Crippen LogP contribution in [0.1, 0.15) is 310 Å². The van der Waals surface area contributed by atoms with Crippen LogP contribution in [0.5, 0.6) is 0 Å². The van der Waals surface area contributed by atoms with Crippen LogP contribution in [0.3, 0.4) is 0 Å². The van der Waals surface area contributed by atoms with Crippen molar-refractivity contribution in [3.63, 3.8) is 0 Å². The van der Waals surface area contributed by atoms with E-state index >= 15 is 0 Å². The first-order valence-corrected chi connectivity index (χ1v) is 30.3. The van der Waals surface area contributed by atoms with Crippen molar-refractivity contribution >= 4 is 17.9 Å². The van der Waals surface area contributed by atoms with E-state index in [0.717, 1.165) is 89.9 Å². The van der Waals surface area contributed by atoms with Gasteiger partial charge in [-0.3, -0.25) is 14.4 Å². The Hall–Kier alpha value is -2.89. The predicted molar refractivity (Wildman–Crippen MR) is 302 cm³/mol. The molecule has 0 heterocycles. The van der Waals surface area contributed by atoms with Gasteiger partial charge in [0, 0.05) is 19.3 Å². The fraction of sp³-hybridized carbons (Fsp3) is 0.797. The topological polar surface area (TPSA) is 78.9 Å². The summed E-state index contributed by atoms with van der Waals surface area (Å²) in [5, 5.41) is 0. The van der Waals surface area contributed by atoms with Crippen molar-refractivity contribution in [2.75, 3.05) is 13.2 Å². The molecule has 0 unspecified atom stereocenters. The monoisotopic (exact) mass is 979 g/mol. The molecule has 0 aliphatic rings. The number of allylic oxidation sites excluding steroid dienone is 10. The number of hydrogen-bond donors (Lipinski definition) is 0. The summed E-state index contributed by atoms with van der Waals surface area (Å²) >= 11 is 0. The third kappa shape index (κ3) is 56.0. The molecular weight excluding hydrogens is 865 g/mol. The number of rotatable bonds is 55. The molecule has 70 heavy (non-hydrogen) atoms. The molecule has 6 heteroatoms. The van der Waals surface area contributed by atoms with E-state index in [2.05, 4.69) is 81.5 Å². The number of esters is 3. The Labute approximate surface area is 434 Å². The highest BCUT2D eigenvalue weighted by Gasteiger charge is 2.19. The molecular formula is C64H114O6. The van der Waals surface area contributed by atoms with Crippen LogP contribution in [0.15, 0.2) is 60.8 Å². The minimum atomic E-state index is -0.789. The lowest BCUT2D eigenvalue weighted by Crippen LogP contribution is -2.30. The van der Waals surface area contributed by atoms with Gasteiger partial charge in [0.2, 0.25) is 0 Å². The Morgan fingerprint density at radius 2 is 0.514 bits per heavy atom. The van der Waals surface area contributed by atoms with Gasteiger partial charge in [0.05, 0.1) is 0 Å². The maximum absolute atomic E-state index is 12.9. The summed E-state index contributed by atoms with van der Waals surface area (Å²) < 4.78 is 16.9. The second kappa shape index (κ2) is 58.7. The highest BCUT2D eigenvalue weighted by Crippen LogP contribution is 2.16. The van der Waals surface area contributed by atoms with Crippen LogP contribution in [0.2, 0.25) is 0 Å². The number of carbonyl (C=O) groups excluding carboxylic acids is 3.